The van der Waals surface area contributed by atoms with Crippen molar-refractivity contribution in [1.82, 2.24) is 14.8 Å². The maximum atomic E-state index is 13.0. The van der Waals surface area contributed by atoms with E-state index in [0.717, 1.165) is 5.56 Å². The van der Waals surface area contributed by atoms with Crippen LogP contribution in [0.25, 0.3) is 11.4 Å². The van der Waals surface area contributed by atoms with Gasteiger partial charge in [0.25, 0.3) is 0 Å². The molecule has 3 rings (SSSR count). The van der Waals surface area contributed by atoms with E-state index in [1.807, 2.05) is 16.7 Å². The van der Waals surface area contributed by atoms with E-state index in [9.17, 15) is 9.18 Å². The molecule has 1 amide bonds. The largest absolute Gasteiger partial charge is 0.325 e. The van der Waals surface area contributed by atoms with Crippen molar-refractivity contribution in [1.29, 1.82) is 0 Å². The van der Waals surface area contributed by atoms with E-state index in [0.29, 0.717) is 28.2 Å². The van der Waals surface area contributed by atoms with Crippen LogP contribution in [0.2, 0.25) is 5.02 Å². The number of aromatic nitrogens is 3. The van der Waals surface area contributed by atoms with Crippen LogP contribution in [0.1, 0.15) is 6.92 Å². The second-order valence-electron chi connectivity index (χ2n) is 5.97. The number of amides is 1. The van der Waals surface area contributed by atoms with Gasteiger partial charge in [-0.05, 0) is 55.5 Å². The van der Waals surface area contributed by atoms with Crippen LogP contribution >= 0.6 is 23.4 Å². The highest BCUT2D eigenvalue weighted by Gasteiger charge is 2.20. The fraction of sp³-hybridized carbons (Fsp3) is 0.150. The van der Waals surface area contributed by atoms with Crippen LogP contribution in [0.4, 0.5) is 10.1 Å². The molecule has 3 aromatic rings. The topological polar surface area (TPSA) is 59.8 Å². The van der Waals surface area contributed by atoms with Crippen molar-refractivity contribution in [3.05, 3.63) is 72.0 Å². The quantitative estimate of drug-likeness (QED) is 0.433. The summed E-state index contributed by atoms with van der Waals surface area (Å²) in [6.07, 6.45) is 1.75. The third-order valence-electron chi connectivity index (χ3n) is 3.89. The van der Waals surface area contributed by atoms with E-state index >= 15 is 0 Å². The summed E-state index contributed by atoms with van der Waals surface area (Å²) in [5, 5.41) is 12.1. The van der Waals surface area contributed by atoms with E-state index in [2.05, 4.69) is 22.1 Å². The van der Waals surface area contributed by atoms with Crippen molar-refractivity contribution in [3.8, 4) is 11.4 Å². The fourth-order valence-corrected chi connectivity index (χ4v) is 3.46. The first kappa shape index (κ1) is 20.1. The van der Waals surface area contributed by atoms with Crippen molar-refractivity contribution in [2.75, 3.05) is 5.32 Å². The summed E-state index contributed by atoms with van der Waals surface area (Å²) in [5.74, 6) is 0.107. The van der Waals surface area contributed by atoms with Crippen LogP contribution in [0.3, 0.4) is 0 Å². The molecule has 0 fully saturated rings. The van der Waals surface area contributed by atoms with Gasteiger partial charge >= 0.3 is 0 Å². The Morgan fingerprint density at radius 2 is 1.93 bits per heavy atom. The molecule has 0 unspecified atom stereocenters. The minimum atomic E-state index is -0.434. The predicted molar refractivity (Wildman–Crippen MR) is 111 cm³/mol. The minimum absolute atomic E-state index is 0.210. The molecule has 0 bridgehead atoms. The number of halogens is 2. The van der Waals surface area contributed by atoms with E-state index in [1.165, 1.54) is 36.0 Å². The number of anilines is 1. The van der Waals surface area contributed by atoms with Gasteiger partial charge in [-0.2, -0.15) is 0 Å². The normalized spacial score (nSPS) is 11.8. The van der Waals surface area contributed by atoms with Crippen LogP contribution in [-0.2, 0) is 11.3 Å². The molecule has 2 aromatic carbocycles. The molecule has 144 valence electrons. The van der Waals surface area contributed by atoms with Crippen LogP contribution in [0.5, 0.6) is 0 Å². The van der Waals surface area contributed by atoms with Crippen LogP contribution < -0.4 is 5.32 Å². The molecule has 1 atom stereocenters. The molecule has 0 spiro atoms. The van der Waals surface area contributed by atoms with Crippen LogP contribution in [-0.4, -0.2) is 25.9 Å². The standard InChI is InChI=1S/C20H18ClFN4OS/c1-3-12-26-18(14-4-6-15(21)7-5-14)24-25-20(26)28-13(2)19(27)23-17-10-8-16(22)9-11-17/h3-11,13H,1,12H2,2H3,(H,23,27)/t13-/m0/s1. The molecule has 28 heavy (non-hydrogen) atoms. The average Bonchev–Trinajstić information content (AvgIpc) is 3.07. The van der Waals surface area contributed by atoms with Gasteiger partial charge in [-0.3, -0.25) is 9.36 Å². The molecule has 1 heterocycles. The molecular formula is C20H18ClFN4OS. The lowest BCUT2D eigenvalue weighted by atomic mass is 10.2. The number of carbonyl (C=O) groups excluding carboxylic acids is 1. The Bertz CT molecular complexity index is 973. The number of carbonyl (C=O) groups is 1. The van der Waals surface area contributed by atoms with E-state index < -0.39 is 5.25 Å². The number of thioether (sulfide) groups is 1. The Balaban J connectivity index is 1.77. The smallest absolute Gasteiger partial charge is 0.237 e. The SMILES string of the molecule is C=CCn1c(S[C@@H](C)C(=O)Nc2ccc(F)cc2)nnc1-c1ccc(Cl)cc1. The Morgan fingerprint density at radius 3 is 2.57 bits per heavy atom. The summed E-state index contributed by atoms with van der Waals surface area (Å²) >= 11 is 7.24. The summed E-state index contributed by atoms with van der Waals surface area (Å²) in [5.41, 5.74) is 1.40. The van der Waals surface area contributed by atoms with Crippen molar-refractivity contribution >= 4 is 35.0 Å². The zero-order valence-electron chi connectivity index (χ0n) is 15.1. The Hall–Kier alpha value is -2.64. The van der Waals surface area contributed by atoms with Crippen molar-refractivity contribution in [2.24, 2.45) is 0 Å². The van der Waals surface area contributed by atoms with Gasteiger partial charge in [0, 0.05) is 22.8 Å². The summed E-state index contributed by atoms with van der Waals surface area (Å²) in [6, 6.07) is 12.9. The zero-order valence-corrected chi connectivity index (χ0v) is 16.7. The zero-order chi connectivity index (χ0) is 20.1. The monoisotopic (exact) mass is 416 g/mol. The molecule has 0 aliphatic heterocycles. The third-order valence-corrected chi connectivity index (χ3v) is 5.23. The number of nitrogens with one attached hydrogen (secondary N) is 1. The van der Waals surface area contributed by atoms with Crippen LogP contribution in [0.15, 0.2) is 66.3 Å². The summed E-state index contributed by atoms with van der Waals surface area (Å²) in [4.78, 5) is 12.5. The Kier molecular flexibility index (Phi) is 6.49. The van der Waals surface area contributed by atoms with E-state index in [1.54, 1.807) is 25.1 Å². The molecule has 1 N–H and O–H groups in total. The molecule has 0 saturated heterocycles. The first-order valence-corrected chi connectivity index (χ1v) is 9.77. The van der Waals surface area contributed by atoms with Crippen molar-refractivity contribution in [3.63, 3.8) is 0 Å². The van der Waals surface area contributed by atoms with Crippen molar-refractivity contribution in [2.45, 2.75) is 23.9 Å². The van der Waals surface area contributed by atoms with Gasteiger partial charge in [-0.1, -0.05) is 29.4 Å². The highest BCUT2D eigenvalue weighted by atomic mass is 35.5. The number of nitrogens with zero attached hydrogens (tertiary/aromatic N) is 3. The predicted octanol–water partition coefficient (Wildman–Crippen LogP) is 5.04. The second kappa shape index (κ2) is 9.03. The van der Waals surface area contributed by atoms with Crippen LogP contribution in [0, 0.1) is 5.82 Å². The Labute approximate surface area is 171 Å². The summed E-state index contributed by atoms with van der Waals surface area (Å²) in [6.45, 7) is 6.06. The summed E-state index contributed by atoms with van der Waals surface area (Å²) in [7, 11) is 0. The molecule has 0 radical (unpaired) electrons. The maximum Gasteiger partial charge on any atom is 0.237 e. The molecule has 5 nitrogen and oxygen atoms in total. The third kappa shape index (κ3) is 4.79. The highest BCUT2D eigenvalue weighted by molar-refractivity contribution is 8.00. The minimum Gasteiger partial charge on any atom is -0.325 e. The van der Waals surface area contributed by atoms with Gasteiger partial charge in [0.15, 0.2) is 11.0 Å². The molecule has 0 aliphatic rings. The lowest BCUT2D eigenvalue weighted by Gasteiger charge is -2.13. The number of hydrogen-bond donors (Lipinski definition) is 1. The van der Waals surface area contributed by atoms with E-state index in [-0.39, 0.29) is 11.7 Å². The second-order valence-corrected chi connectivity index (χ2v) is 7.71. The van der Waals surface area contributed by atoms with Gasteiger partial charge in [0.1, 0.15) is 5.82 Å². The van der Waals surface area contributed by atoms with Crippen molar-refractivity contribution < 1.29 is 9.18 Å². The average molecular weight is 417 g/mol. The molecule has 8 heteroatoms. The molecule has 1 aromatic heterocycles. The lowest BCUT2D eigenvalue weighted by Crippen LogP contribution is -2.23. The number of allylic oxidation sites excluding steroid dienone is 1. The Morgan fingerprint density at radius 1 is 1.25 bits per heavy atom. The molecular weight excluding hydrogens is 399 g/mol. The van der Waals surface area contributed by atoms with Gasteiger partial charge in [0.2, 0.25) is 5.91 Å². The van der Waals surface area contributed by atoms with E-state index in [4.69, 9.17) is 11.6 Å². The molecule has 0 aliphatic carbocycles. The van der Waals surface area contributed by atoms with Gasteiger partial charge < -0.3 is 5.32 Å². The maximum absolute atomic E-state index is 13.0. The van der Waals surface area contributed by atoms with Gasteiger partial charge in [-0.25, -0.2) is 4.39 Å². The number of benzene rings is 2. The lowest BCUT2D eigenvalue weighted by molar-refractivity contribution is -0.115. The molecule has 0 saturated carbocycles. The van der Waals surface area contributed by atoms with Gasteiger partial charge in [0.05, 0.1) is 5.25 Å². The first-order valence-electron chi connectivity index (χ1n) is 8.51. The highest BCUT2D eigenvalue weighted by Crippen LogP contribution is 2.28. The number of hydrogen-bond acceptors (Lipinski definition) is 4. The summed E-state index contributed by atoms with van der Waals surface area (Å²) < 4.78 is 14.9. The fourth-order valence-electron chi connectivity index (χ4n) is 2.47. The number of rotatable bonds is 7. The first-order chi connectivity index (χ1) is 13.5. The van der Waals surface area contributed by atoms with Gasteiger partial charge in [-0.15, -0.1) is 16.8 Å².